The molecule has 1 amide bonds. The first kappa shape index (κ1) is 13.7. The van der Waals surface area contributed by atoms with Crippen molar-refractivity contribution >= 4 is 11.9 Å². The van der Waals surface area contributed by atoms with Crippen LogP contribution < -0.4 is 5.73 Å². The van der Waals surface area contributed by atoms with E-state index in [1.165, 1.54) is 0 Å². The summed E-state index contributed by atoms with van der Waals surface area (Å²) >= 11 is 0. The number of ether oxygens (including phenoxy) is 2. The standard InChI is InChI=1S/C12H19N3O4/c1-12(2,3)18-11(16)15-4-5-17-9(7-15)8-6-10(13)14-19-8/h6,9H,4-5,7H2,1-3H3,(H2,13,14). The van der Waals surface area contributed by atoms with E-state index >= 15 is 0 Å². The van der Waals surface area contributed by atoms with Crippen molar-refractivity contribution in [2.45, 2.75) is 32.5 Å². The molecule has 1 aliphatic heterocycles. The average Bonchev–Trinajstić information content (AvgIpc) is 2.74. The fraction of sp³-hybridized carbons (Fsp3) is 0.667. The smallest absolute Gasteiger partial charge is 0.410 e. The van der Waals surface area contributed by atoms with E-state index in [0.717, 1.165) is 0 Å². The molecule has 0 spiro atoms. The lowest BCUT2D eigenvalue weighted by Crippen LogP contribution is -2.44. The van der Waals surface area contributed by atoms with Crippen molar-refractivity contribution in [3.8, 4) is 0 Å². The second-order valence-corrected chi connectivity index (χ2v) is 5.44. The van der Waals surface area contributed by atoms with Crippen molar-refractivity contribution < 1.29 is 18.8 Å². The molecule has 106 valence electrons. The van der Waals surface area contributed by atoms with Crippen molar-refractivity contribution in [1.29, 1.82) is 0 Å². The van der Waals surface area contributed by atoms with Gasteiger partial charge >= 0.3 is 6.09 Å². The van der Waals surface area contributed by atoms with Gasteiger partial charge in [-0.1, -0.05) is 5.16 Å². The Hall–Kier alpha value is -1.76. The molecule has 2 heterocycles. The minimum absolute atomic E-state index is 0.299. The van der Waals surface area contributed by atoms with Crippen molar-refractivity contribution in [2.75, 3.05) is 25.4 Å². The summed E-state index contributed by atoms with van der Waals surface area (Å²) in [5, 5.41) is 3.61. The summed E-state index contributed by atoms with van der Waals surface area (Å²) in [6.07, 6.45) is -0.709. The zero-order chi connectivity index (χ0) is 14.0. The third-order valence-corrected chi connectivity index (χ3v) is 2.58. The van der Waals surface area contributed by atoms with Gasteiger partial charge in [-0.2, -0.15) is 0 Å². The molecule has 1 unspecified atom stereocenters. The summed E-state index contributed by atoms with van der Waals surface area (Å²) in [6, 6.07) is 1.60. The lowest BCUT2D eigenvalue weighted by Gasteiger charge is -2.33. The predicted molar refractivity (Wildman–Crippen MR) is 67.4 cm³/mol. The number of carbonyl (C=O) groups excluding carboxylic acids is 1. The van der Waals surface area contributed by atoms with Crippen LogP contribution in [0.4, 0.5) is 10.6 Å². The predicted octanol–water partition coefficient (Wildman–Crippen LogP) is 1.57. The number of amides is 1. The van der Waals surface area contributed by atoms with Crippen LogP contribution in [0.3, 0.4) is 0 Å². The van der Waals surface area contributed by atoms with E-state index in [0.29, 0.717) is 31.3 Å². The van der Waals surface area contributed by atoms with E-state index < -0.39 is 5.60 Å². The quantitative estimate of drug-likeness (QED) is 0.832. The number of hydrogen-bond donors (Lipinski definition) is 1. The van der Waals surface area contributed by atoms with Gasteiger partial charge in [-0.15, -0.1) is 0 Å². The molecule has 1 aliphatic rings. The fourth-order valence-corrected chi connectivity index (χ4v) is 1.77. The number of carbonyl (C=O) groups is 1. The van der Waals surface area contributed by atoms with Gasteiger partial charge in [0, 0.05) is 12.6 Å². The van der Waals surface area contributed by atoms with Gasteiger partial charge in [-0.05, 0) is 20.8 Å². The molecule has 1 fully saturated rings. The Morgan fingerprint density at radius 2 is 2.32 bits per heavy atom. The third kappa shape index (κ3) is 3.60. The molecule has 1 atom stereocenters. The van der Waals surface area contributed by atoms with E-state index in [9.17, 15) is 4.79 Å². The van der Waals surface area contributed by atoms with Gasteiger partial charge in [0.2, 0.25) is 0 Å². The number of nitrogen functional groups attached to an aromatic ring is 1. The zero-order valence-corrected chi connectivity index (χ0v) is 11.4. The van der Waals surface area contributed by atoms with Crippen molar-refractivity contribution in [1.82, 2.24) is 10.1 Å². The maximum atomic E-state index is 12.0. The van der Waals surface area contributed by atoms with Gasteiger partial charge in [0.15, 0.2) is 11.6 Å². The molecule has 0 aromatic carbocycles. The van der Waals surface area contributed by atoms with Crippen LogP contribution in [0.1, 0.15) is 32.6 Å². The highest BCUT2D eigenvalue weighted by molar-refractivity contribution is 5.68. The highest BCUT2D eigenvalue weighted by Gasteiger charge is 2.30. The number of morpholine rings is 1. The molecule has 0 aliphatic carbocycles. The SMILES string of the molecule is CC(C)(C)OC(=O)N1CCOC(c2cc(N)no2)C1. The largest absolute Gasteiger partial charge is 0.444 e. The maximum Gasteiger partial charge on any atom is 0.410 e. The highest BCUT2D eigenvalue weighted by atomic mass is 16.6. The Morgan fingerprint density at radius 1 is 1.58 bits per heavy atom. The van der Waals surface area contributed by atoms with E-state index in [1.807, 2.05) is 20.8 Å². The molecule has 0 saturated carbocycles. The highest BCUT2D eigenvalue weighted by Crippen LogP contribution is 2.24. The number of rotatable bonds is 1. The Bertz CT molecular complexity index is 452. The first-order valence-corrected chi connectivity index (χ1v) is 6.17. The first-order valence-electron chi connectivity index (χ1n) is 6.17. The molecule has 0 bridgehead atoms. The van der Waals surface area contributed by atoms with Crippen LogP contribution in [0.5, 0.6) is 0 Å². The van der Waals surface area contributed by atoms with Gasteiger partial charge in [0.05, 0.1) is 13.2 Å². The lowest BCUT2D eigenvalue weighted by atomic mass is 10.2. The molecular weight excluding hydrogens is 250 g/mol. The van der Waals surface area contributed by atoms with Gasteiger partial charge < -0.3 is 24.6 Å². The monoisotopic (exact) mass is 269 g/mol. The number of hydrogen-bond acceptors (Lipinski definition) is 6. The summed E-state index contributed by atoms with van der Waals surface area (Å²) in [5.41, 5.74) is 4.98. The summed E-state index contributed by atoms with van der Waals surface area (Å²) in [5.74, 6) is 0.818. The van der Waals surface area contributed by atoms with Gasteiger partial charge in [-0.3, -0.25) is 0 Å². The van der Waals surface area contributed by atoms with Gasteiger partial charge in [0.1, 0.15) is 11.7 Å². The van der Waals surface area contributed by atoms with E-state index in [1.54, 1.807) is 11.0 Å². The molecule has 1 saturated heterocycles. The Morgan fingerprint density at radius 3 is 2.89 bits per heavy atom. The number of anilines is 1. The number of nitrogens with two attached hydrogens (primary N) is 1. The summed E-state index contributed by atoms with van der Waals surface area (Å²) < 4.78 is 15.9. The van der Waals surface area contributed by atoms with Crippen LogP contribution in [0.25, 0.3) is 0 Å². The van der Waals surface area contributed by atoms with Crippen LogP contribution in [-0.4, -0.2) is 41.4 Å². The van der Waals surface area contributed by atoms with Crippen molar-refractivity contribution in [2.24, 2.45) is 0 Å². The van der Waals surface area contributed by atoms with Crippen LogP contribution in [0.2, 0.25) is 0 Å². The lowest BCUT2D eigenvalue weighted by molar-refractivity contribution is -0.0517. The molecular formula is C12H19N3O4. The summed E-state index contributed by atoms with van der Waals surface area (Å²) in [4.78, 5) is 13.6. The molecule has 2 N–H and O–H groups in total. The minimum Gasteiger partial charge on any atom is -0.444 e. The molecule has 1 aromatic heterocycles. The van der Waals surface area contributed by atoms with Gasteiger partial charge in [-0.25, -0.2) is 4.79 Å². The van der Waals surface area contributed by atoms with Crippen LogP contribution in [-0.2, 0) is 9.47 Å². The molecule has 7 nitrogen and oxygen atoms in total. The molecule has 2 rings (SSSR count). The van der Waals surface area contributed by atoms with Crippen LogP contribution >= 0.6 is 0 Å². The Balaban J connectivity index is 1.99. The maximum absolute atomic E-state index is 12.0. The molecule has 19 heavy (non-hydrogen) atoms. The second kappa shape index (κ2) is 5.08. The fourth-order valence-electron chi connectivity index (χ4n) is 1.77. The number of nitrogens with zero attached hydrogens (tertiary/aromatic N) is 2. The third-order valence-electron chi connectivity index (χ3n) is 2.58. The molecule has 0 radical (unpaired) electrons. The summed E-state index contributed by atoms with van der Waals surface area (Å²) in [7, 11) is 0. The Labute approximate surface area is 111 Å². The van der Waals surface area contributed by atoms with E-state index in [4.69, 9.17) is 19.7 Å². The number of aromatic nitrogens is 1. The topological polar surface area (TPSA) is 90.8 Å². The van der Waals surface area contributed by atoms with Gasteiger partial charge in [0.25, 0.3) is 0 Å². The van der Waals surface area contributed by atoms with E-state index in [2.05, 4.69) is 5.16 Å². The second-order valence-electron chi connectivity index (χ2n) is 5.44. The Kier molecular flexibility index (Phi) is 3.66. The average molecular weight is 269 g/mol. The van der Waals surface area contributed by atoms with Crippen LogP contribution in [0.15, 0.2) is 10.6 Å². The zero-order valence-electron chi connectivity index (χ0n) is 11.4. The molecule has 7 heteroatoms. The normalized spacial score (nSPS) is 20.4. The summed E-state index contributed by atoms with van der Waals surface area (Å²) in [6.45, 7) is 6.78. The van der Waals surface area contributed by atoms with Crippen molar-refractivity contribution in [3.63, 3.8) is 0 Å². The first-order chi connectivity index (χ1) is 8.85. The van der Waals surface area contributed by atoms with Crippen LogP contribution in [0, 0.1) is 0 Å². The minimum atomic E-state index is -0.512. The molecule has 1 aromatic rings. The van der Waals surface area contributed by atoms with Crippen molar-refractivity contribution in [3.05, 3.63) is 11.8 Å². The van der Waals surface area contributed by atoms with E-state index in [-0.39, 0.29) is 12.2 Å².